The first-order chi connectivity index (χ1) is 15.9. The first kappa shape index (κ1) is 25.0. The van der Waals surface area contributed by atoms with Gasteiger partial charge in [0, 0.05) is 23.1 Å². The van der Waals surface area contributed by atoms with Crippen molar-refractivity contribution >= 4 is 45.0 Å². The summed E-state index contributed by atoms with van der Waals surface area (Å²) in [7, 11) is -2.52. The number of para-hydroxylation sites is 2. The van der Waals surface area contributed by atoms with Crippen molar-refractivity contribution in [2.24, 2.45) is 0 Å². The van der Waals surface area contributed by atoms with E-state index in [0.717, 1.165) is 15.6 Å². The normalized spacial score (nSPS) is 11.1. The van der Waals surface area contributed by atoms with Crippen LogP contribution in [0.4, 0.5) is 5.69 Å². The molecule has 0 atom stereocenters. The minimum absolute atomic E-state index is 0.0993. The summed E-state index contributed by atoms with van der Waals surface area (Å²) >= 11 is 7.57. The highest BCUT2D eigenvalue weighted by molar-refractivity contribution is 7.98. The van der Waals surface area contributed by atoms with Crippen LogP contribution in [-0.2, 0) is 20.6 Å². The Balaban J connectivity index is 1.66. The second kappa shape index (κ2) is 12.0. The number of amides is 1. The zero-order valence-electron chi connectivity index (χ0n) is 18.1. The summed E-state index contributed by atoms with van der Waals surface area (Å²) in [4.78, 5) is 12.8. The monoisotopic (exact) mass is 504 g/mol. The third-order valence-electron chi connectivity index (χ3n) is 4.72. The van der Waals surface area contributed by atoms with Crippen molar-refractivity contribution in [2.75, 3.05) is 30.3 Å². The molecule has 0 radical (unpaired) electrons. The molecule has 0 aliphatic rings. The van der Waals surface area contributed by atoms with Gasteiger partial charge in [-0.3, -0.25) is 9.10 Å². The number of halogens is 1. The fourth-order valence-electron chi connectivity index (χ4n) is 3.07. The molecule has 0 unspecified atom stereocenters. The molecule has 33 heavy (non-hydrogen) atoms. The van der Waals surface area contributed by atoms with E-state index in [4.69, 9.17) is 16.3 Å². The van der Waals surface area contributed by atoms with Gasteiger partial charge in [-0.25, -0.2) is 8.42 Å². The van der Waals surface area contributed by atoms with Crippen LogP contribution in [0.3, 0.4) is 0 Å². The Kier molecular flexibility index (Phi) is 9.05. The predicted molar refractivity (Wildman–Crippen MR) is 135 cm³/mol. The summed E-state index contributed by atoms with van der Waals surface area (Å²) < 4.78 is 33.2. The highest BCUT2D eigenvalue weighted by Crippen LogP contribution is 2.32. The van der Waals surface area contributed by atoms with Crippen LogP contribution in [-0.4, -0.2) is 40.3 Å². The summed E-state index contributed by atoms with van der Waals surface area (Å²) in [6.45, 7) is 0.0572. The number of methoxy groups -OCH3 is 1. The molecule has 0 heterocycles. The standard InChI is InChI=1S/C24H25ClN2O4S2/c1-31-23-10-6-5-9-22(23)27(33(29,30)21-7-3-2-4-8-21)17-24(28)26-15-16-32-18-19-11-13-20(25)14-12-19/h2-14H,15-18H2,1H3,(H,26,28). The van der Waals surface area contributed by atoms with Crippen LogP contribution in [0.2, 0.25) is 5.02 Å². The largest absolute Gasteiger partial charge is 0.495 e. The van der Waals surface area contributed by atoms with Crippen LogP contribution in [0.25, 0.3) is 0 Å². The molecule has 0 aliphatic heterocycles. The molecule has 0 saturated carbocycles. The fraction of sp³-hybridized carbons (Fsp3) is 0.208. The Bertz CT molecular complexity index is 1160. The molecule has 1 N–H and O–H groups in total. The van der Waals surface area contributed by atoms with Gasteiger partial charge in [0.2, 0.25) is 5.91 Å². The molecule has 0 spiro atoms. The van der Waals surface area contributed by atoms with E-state index in [9.17, 15) is 13.2 Å². The van der Waals surface area contributed by atoms with Gasteiger partial charge in [0.25, 0.3) is 10.0 Å². The Labute approximate surface area is 204 Å². The van der Waals surface area contributed by atoms with Crippen LogP contribution in [0.15, 0.2) is 83.8 Å². The van der Waals surface area contributed by atoms with Crippen LogP contribution >= 0.6 is 23.4 Å². The van der Waals surface area contributed by atoms with Gasteiger partial charge in [-0.2, -0.15) is 11.8 Å². The van der Waals surface area contributed by atoms with E-state index in [1.165, 1.54) is 19.2 Å². The number of ether oxygens (including phenoxy) is 1. The minimum Gasteiger partial charge on any atom is -0.495 e. The molecule has 0 aliphatic carbocycles. The third-order valence-corrected chi connectivity index (χ3v) is 7.78. The Hall–Kier alpha value is -2.68. The first-order valence-electron chi connectivity index (χ1n) is 10.2. The highest BCUT2D eigenvalue weighted by atomic mass is 35.5. The number of hydrogen-bond acceptors (Lipinski definition) is 5. The minimum atomic E-state index is -3.98. The second-order valence-electron chi connectivity index (χ2n) is 7.03. The number of benzene rings is 3. The van der Waals surface area contributed by atoms with Gasteiger partial charge in [-0.15, -0.1) is 0 Å². The average Bonchev–Trinajstić information content (AvgIpc) is 2.84. The Morgan fingerprint density at radius 2 is 1.67 bits per heavy atom. The molecule has 3 rings (SSSR count). The molecule has 3 aromatic carbocycles. The van der Waals surface area contributed by atoms with Crippen molar-refractivity contribution in [3.63, 3.8) is 0 Å². The van der Waals surface area contributed by atoms with Gasteiger partial charge in [-0.1, -0.05) is 54.1 Å². The van der Waals surface area contributed by atoms with Gasteiger partial charge in [0.05, 0.1) is 17.7 Å². The summed E-state index contributed by atoms with van der Waals surface area (Å²) in [5, 5.41) is 3.51. The molecule has 0 fully saturated rings. The number of thioether (sulfide) groups is 1. The fourth-order valence-corrected chi connectivity index (χ4v) is 5.47. The maximum Gasteiger partial charge on any atom is 0.264 e. The molecule has 0 aromatic heterocycles. The molecule has 9 heteroatoms. The van der Waals surface area contributed by atoms with Crippen molar-refractivity contribution in [1.29, 1.82) is 0 Å². The van der Waals surface area contributed by atoms with Crippen molar-refractivity contribution in [1.82, 2.24) is 5.32 Å². The van der Waals surface area contributed by atoms with Crippen molar-refractivity contribution in [3.8, 4) is 5.75 Å². The lowest BCUT2D eigenvalue weighted by Gasteiger charge is -2.25. The quantitative estimate of drug-likeness (QED) is 0.386. The van der Waals surface area contributed by atoms with E-state index >= 15 is 0 Å². The van der Waals surface area contributed by atoms with E-state index in [-0.39, 0.29) is 11.4 Å². The molecule has 3 aromatic rings. The zero-order valence-corrected chi connectivity index (χ0v) is 20.5. The van der Waals surface area contributed by atoms with Gasteiger partial charge in [0.15, 0.2) is 0 Å². The number of sulfonamides is 1. The molecular weight excluding hydrogens is 480 g/mol. The number of carbonyl (C=O) groups excluding carboxylic acids is 1. The smallest absolute Gasteiger partial charge is 0.264 e. The molecular formula is C24H25ClN2O4S2. The van der Waals surface area contributed by atoms with Crippen LogP contribution < -0.4 is 14.4 Å². The molecule has 0 saturated heterocycles. The van der Waals surface area contributed by atoms with Crippen LogP contribution in [0, 0.1) is 0 Å². The first-order valence-corrected chi connectivity index (χ1v) is 13.2. The van der Waals surface area contributed by atoms with Gasteiger partial charge < -0.3 is 10.1 Å². The maximum atomic E-state index is 13.4. The molecule has 6 nitrogen and oxygen atoms in total. The number of anilines is 1. The third kappa shape index (κ3) is 6.90. The molecule has 0 bridgehead atoms. The SMILES string of the molecule is COc1ccccc1N(CC(=O)NCCSCc1ccc(Cl)cc1)S(=O)(=O)c1ccccc1. The number of carbonyl (C=O) groups is 1. The molecule has 1 amide bonds. The van der Waals surface area contributed by atoms with E-state index in [1.807, 2.05) is 24.3 Å². The number of nitrogens with zero attached hydrogens (tertiary/aromatic N) is 1. The summed E-state index contributed by atoms with van der Waals surface area (Å²) in [5.41, 5.74) is 1.45. The van der Waals surface area contributed by atoms with Gasteiger partial charge in [-0.05, 0) is 42.0 Å². The number of rotatable bonds is 11. The summed E-state index contributed by atoms with van der Waals surface area (Å²) in [6.07, 6.45) is 0. The Morgan fingerprint density at radius 3 is 2.36 bits per heavy atom. The van der Waals surface area contributed by atoms with Gasteiger partial charge in [0.1, 0.15) is 12.3 Å². The molecule has 174 valence electrons. The maximum absolute atomic E-state index is 13.4. The Morgan fingerprint density at radius 1 is 1.00 bits per heavy atom. The van der Waals surface area contributed by atoms with E-state index in [1.54, 1.807) is 54.2 Å². The zero-order chi connectivity index (χ0) is 23.7. The average molecular weight is 505 g/mol. The lowest BCUT2D eigenvalue weighted by atomic mass is 10.2. The van der Waals surface area contributed by atoms with Gasteiger partial charge >= 0.3 is 0 Å². The number of nitrogens with one attached hydrogen (secondary N) is 1. The van der Waals surface area contributed by atoms with Crippen LogP contribution in [0.5, 0.6) is 5.75 Å². The van der Waals surface area contributed by atoms with E-state index in [0.29, 0.717) is 28.8 Å². The van der Waals surface area contributed by atoms with E-state index < -0.39 is 15.9 Å². The highest BCUT2D eigenvalue weighted by Gasteiger charge is 2.29. The topological polar surface area (TPSA) is 75.7 Å². The van der Waals surface area contributed by atoms with Crippen molar-refractivity contribution in [2.45, 2.75) is 10.6 Å². The van der Waals surface area contributed by atoms with Crippen molar-refractivity contribution in [3.05, 3.63) is 89.4 Å². The lowest BCUT2D eigenvalue weighted by molar-refractivity contribution is -0.119. The predicted octanol–water partition coefficient (Wildman–Crippen LogP) is 4.59. The van der Waals surface area contributed by atoms with Crippen molar-refractivity contribution < 1.29 is 17.9 Å². The van der Waals surface area contributed by atoms with E-state index in [2.05, 4.69) is 5.32 Å². The second-order valence-corrected chi connectivity index (χ2v) is 10.4. The lowest BCUT2D eigenvalue weighted by Crippen LogP contribution is -2.41. The number of hydrogen-bond donors (Lipinski definition) is 1. The van der Waals surface area contributed by atoms with Crippen LogP contribution in [0.1, 0.15) is 5.56 Å². The summed E-state index contributed by atoms with van der Waals surface area (Å²) in [5.74, 6) is 1.45. The summed E-state index contributed by atoms with van der Waals surface area (Å²) in [6, 6.07) is 22.4.